The third-order valence-electron chi connectivity index (χ3n) is 2.40. The molecule has 0 spiro atoms. The smallest absolute Gasteiger partial charge is 0.408 e. The van der Waals surface area contributed by atoms with Gasteiger partial charge in [-0.25, -0.2) is 4.79 Å². The highest BCUT2D eigenvalue weighted by molar-refractivity contribution is 6.39. The Kier molecular flexibility index (Phi) is 4.92. The highest BCUT2D eigenvalue weighted by Gasteiger charge is 2.38. The second-order valence-electron chi connectivity index (χ2n) is 3.77. The normalized spacial score (nSPS) is 13.2. The van der Waals surface area contributed by atoms with Crippen LogP contribution >= 0.6 is 23.2 Å². The van der Waals surface area contributed by atoms with Crippen molar-refractivity contribution in [1.29, 1.82) is 0 Å². The van der Waals surface area contributed by atoms with Gasteiger partial charge < -0.3 is 10.4 Å². The fraction of sp³-hybridized carbons (Fsp3) is 0.364. The first-order valence-corrected chi connectivity index (χ1v) is 5.98. The van der Waals surface area contributed by atoms with E-state index in [2.05, 4.69) is 5.32 Å². The summed E-state index contributed by atoms with van der Waals surface area (Å²) in [5, 5.41) is 10.6. The summed E-state index contributed by atoms with van der Waals surface area (Å²) in [5.41, 5.74) is -0.321. The molecule has 0 heterocycles. The van der Waals surface area contributed by atoms with Crippen LogP contribution in [0.25, 0.3) is 0 Å². The number of rotatable bonds is 4. The number of hydrogen-bond acceptors (Lipinski definition) is 2. The van der Waals surface area contributed by atoms with Gasteiger partial charge in [-0.15, -0.1) is 0 Å². The molecule has 8 heteroatoms. The number of hydrogen-bond donors (Lipinski definition) is 2. The van der Waals surface area contributed by atoms with Crippen molar-refractivity contribution in [1.82, 2.24) is 0 Å². The van der Waals surface area contributed by atoms with Gasteiger partial charge in [0.15, 0.2) is 0 Å². The Labute approximate surface area is 117 Å². The average molecular weight is 316 g/mol. The summed E-state index contributed by atoms with van der Waals surface area (Å²) >= 11 is 11.4. The van der Waals surface area contributed by atoms with Crippen molar-refractivity contribution in [2.24, 2.45) is 0 Å². The zero-order chi connectivity index (χ0) is 14.8. The lowest BCUT2D eigenvalue weighted by atomic mass is 10.1. The van der Waals surface area contributed by atoms with Gasteiger partial charge in [0.25, 0.3) is 0 Å². The Morgan fingerprint density at radius 1 is 1.37 bits per heavy atom. The van der Waals surface area contributed by atoms with E-state index >= 15 is 0 Å². The van der Waals surface area contributed by atoms with Gasteiger partial charge in [-0.3, -0.25) is 0 Å². The molecule has 0 fully saturated rings. The number of alkyl halides is 3. The summed E-state index contributed by atoms with van der Waals surface area (Å²) in [6.07, 6.45) is -4.60. The van der Waals surface area contributed by atoms with E-state index in [0.29, 0.717) is 0 Å². The van der Waals surface area contributed by atoms with Gasteiger partial charge in [0.05, 0.1) is 15.6 Å². The molecule has 1 aromatic carbocycles. The highest BCUT2D eigenvalue weighted by Crippen LogP contribution is 2.32. The minimum atomic E-state index is -4.42. The molecule has 0 saturated carbocycles. The number of carboxylic acids is 1. The van der Waals surface area contributed by atoms with Crippen LogP contribution in [0, 0.1) is 0 Å². The van der Waals surface area contributed by atoms with Crippen LogP contribution in [0.5, 0.6) is 0 Å². The minimum absolute atomic E-state index is 0.0178. The molecule has 106 valence electrons. The SMILES string of the molecule is CCC(Nc1cc(Cl)c(C(=O)O)c(Cl)c1)C(F)(F)F. The Bertz CT molecular complexity index is 468. The van der Waals surface area contributed by atoms with Crippen LogP contribution < -0.4 is 5.32 Å². The largest absolute Gasteiger partial charge is 0.478 e. The number of anilines is 1. The van der Waals surface area contributed by atoms with Crippen LogP contribution in [0.1, 0.15) is 23.7 Å². The molecule has 19 heavy (non-hydrogen) atoms. The Morgan fingerprint density at radius 3 is 2.16 bits per heavy atom. The van der Waals surface area contributed by atoms with E-state index in [1.807, 2.05) is 0 Å². The van der Waals surface area contributed by atoms with Gasteiger partial charge in [-0.1, -0.05) is 30.1 Å². The maximum absolute atomic E-state index is 12.6. The quantitative estimate of drug-likeness (QED) is 0.863. The van der Waals surface area contributed by atoms with Gasteiger partial charge in [0, 0.05) is 5.69 Å². The van der Waals surface area contributed by atoms with E-state index < -0.39 is 18.2 Å². The maximum atomic E-state index is 12.6. The van der Waals surface area contributed by atoms with E-state index in [1.54, 1.807) is 0 Å². The van der Waals surface area contributed by atoms with Crippen molar-refractivity contribution < 1.29 is 23.1 Å². The van der Waals surface area contributed by atoms with Crippen molar-refractivity contribution in [3.63, 3.8) is 0 Å². The molecule has 0 aliphatic rings. The second-order valence-corrected chi connectivity index (χ2v) is 4.58. The molecule has 1 rings (SSSR count). The molecule has 0 aromatic heterocycles. The Hall–Kier alpha value is -1.14. The summed E-state index contributed by atoms with van der Waals surface area (Å²) in [6, 6.07) is 0.451. The lowest BCUT2D eigenvalue weighted by molar-refractivity contribution is -0.142. The lowest BCUT2D eigenvalue weighted by Gasteiger charge is -2.21. The summed E-state index contributed by atoms with van der Waals surface area (Å²) in [5.74, 6) is -1.34. The van der Waals surface area contributed by atoms with Crippen molar-refractivity contribution in [2.45, 2.75) is 25.6 Å². The standard InChI is InChI=1S/C11H10Cl2F3NO2/c1-2-8(11(14,15)16)17-5-3-6(12)9(10(18)19)7(13)4-5/h3-4,8,17H,2H2,1H3,(H,18,19). The van der Waals surface area contributed by atoms with Gasteiger partial charge in [-0.05, 0) is 18.6 Å². The highest BCUT2D eigenvalue weighted by atomic mass is 35.5. The molecule has 0 aliphatic carbocycles. The van der Waals surface area contributed by atoms with Gasteiger partial charge in [0.2, 0.25) is 0 Å². The summed E-state index contributed by atoms with van der Waals surface area (Å²) < 4.78 is 37.8. The number of carbonyl (C=O) groups is 1. The van der Waals surface area contributed by atoms with Crippen LogP contribution in [0.15, 0.2) is 12.1 Å². The first-order chi connectivity index (χ1) is 8.66. The zero-order valence-corrected chi connectivity index (χ0v) is 11.2. The third kappa shape index (κ3) is 3.91. The predicted molar refractivity (Wildman–Crippen MR) is 67.2 cm³/mol. The summed E-state index contributed by atoms with van der Waals surface area (Å²) in [4.78, 5) is 10.8. The monoisotopic (exact) mass is 315 g/mol. The molecule has 0 bridgehead atoms. The van der Waals surface area contributed by atoms with Crippen LogP contribution in [-0.4, -0.2) is 23.3 Å². The second kappa shape index (κ2) is 5.88. The molecule has 2 N–H and O–H groups in total. The van der Waals surface area contributed by atoms with Gasteiger partial charge in [0.1, 0.15) is 6.04 Å². The maximum Gasteiger partial charge on any atom is 0.408 e. The molecule has 3 nitrogen and oxygen atoms in total. The van der Waals surface area contributed by atoms with E-state index in [0.717, 1.165) is 12.1 Å². The van der Waals surface area contributed by atoms with Gasteiger partial charge in [-0.2, -0.15) is 13.2 Å². The van der Waals surface area contributed by atoms with E-state index in [-0.39, 0.29) is 27.7 Å². The molecular formula is C11H10Cl2F3NO2. The number of benzene rings is 1. The molecule has 0 aliphatic heterocycles. The number of carboxylic acid groups (broad SMARTS) is 1. The number of nitrogens with one attached hydrogen (secondary N) is 1. The van der Waals surface area contributed by atoms with E-state index in [9.17, 15) is 18.0 Å². The third-order valence-corrected chi connectivity index (χ3v) is 3.00. The molecule has 1 atom stereocenters. The number of aromatic carboxylic acids is 1. The van der Waals surface area contributed by atoms with Crippen molar-refractivity contribution in [3.8, 4) is 0 Å². The van der Waals surface area contributed by atoms with Crippen LogP contribution in [-0.2, 0) is 0 Å². The Balaban J connectivity index is 3.08. The summed E-state index contributed by atoms with van der Waals surface area (Å²) in [6.45, 7) is 1.37. The van der Waals surface area contributed by atoms with E-state index in [4.69, 9.17) is 28.3 Å². The first-order valence-electron chi connectivity index (χ1n) is 5.22. The predicted octanol–water partition coefficient (Wildman–Crippen LogP) is 4.44. The minimum Gasteiger partial charge on any atom is -0.478 e. The fourth-order valence-electron chi connectivity index (χ4n) is 1.48. The van der Waals surface area contributed by atoms with Crippen LogP contribution in [0.4, 0.5) is 18.9 Å². The zero-order valence-electron chi connectivity index (χ0n) is 9.68. The molecule has 0 amide bonds. The van der Waals surface area contributed by atoms with E-state index in [1.165, 1.54) is 6.92 Å². The topological polar surface area (TPSA) is 49.3 Å². The molecule has 1 aromatic rings. The molecular weight excluding hydrogens is 306 g/mol. The lowest BCUT2D eigenvalue weighted by Crippen LogP contribution is -2.35. The van der Waals surface area contributed by atoms with Crippen molar-refractivity contribution in [2.75, 3.05) is 5.32 Å². The van der Waals surface area contributed by atoms with Crippen LogP contribution in [0.2, 0.25) is 10.0 Å². The molecule has 0 saturated heterocycles. The fourth-order valence-corrected chi connectivity index (χ4v) is 2.13. The number of halogens is 5. The molecule has 0 radical (unpaired) electrons. The van der Waals surface area contributed by atoms with Crippen LogP contribution in [0.3, 0.4) is 0 Å². The average Bonchev–Trinajstić information content (AvgIpc) is 2.22. The van der Waals surface area contributed by atoms with Crippen molar-refractivity contribution in [3.05, 3.63) is 27.7 Å². The van der Waals surface area contributed by atoms with Gasteiger partial charge >= 0.3 is 12.1 Å². The molecule has 1 unspecified atom stereocenters. The summed E-state index contributed by atoms with van der Waals surface area (Å²) in [7, 11) is 0. The first kappa shape index (κ1) is 15.9. The Morgan fingerprint density at radius 2 is 1.84 bits per heavy atom. The van der Waals surface area contributed by atoms with Crippen molar-refractivity contribution >= 4 is 34.9 Å².